The van der Waals surface area contributed by atoms with Crippen molar-refractivity contribution in [1.29, 1.82) is 0 Å². The Labute approximate surface area is 143 Å². The minimum Gasteiger partial charge on any atom is -0.438 e. The molecule has 0 bridgehead atoms. The molecule has 0 aromatic heterocycles. The first-order valence-electron chi connectivity index (χ1n) is 5.01. The van der Waals surface area contributed by atoms with E-state index in [0.29, 0.717) is 5.56 Å². The van der Waals surface area contributed by atoms with Crippen molar-refractivity contribution in [3.05, 3.63) is 35.4 Å². The molecule has 0 fully saturated rings. The van der Waals surface area contributed by atoms with Crippen molar-refractivity contribution in [3.63, 3.8) is 0 Å². The maximum absolute atomic E-state index is 11.9. The Morgan fingerprint density at radius 2 is 1.47 bits per heavy atom. The largest absolute Gasteiger partial charge is 1.00 e. The van der Waals surface area contributed by atoms with Crippen molar-refractivity contribution in [2.45, 2.75) is 26.2 Å². The molecule has 0 saturated heterocycles. The van der Waals surface area contributed by atoms with Crippen LogP contribution in [0, 0.1) is 11.7 Å². The number of benzene rings is 1. The van der Waals surface area contributed by atoms with Crippen LogP contribution < -0.4 is 51.4 Å². The summed E-state index contributed by atoms with van der Waals surface area (Å²) in [5.41, 5.74) is 1.47. The summed E-state index contributed by atoms with van der Waals surface area (Å²) < 4.78 is 35.7. The van der Waals surface area contributed by atoms with E-state index in [1.54, 1.807) is 12.1 Å². The van der Waals surface area contributed by atoms with Crippen LogP contribution in [0.5, 0.6) is 0 Å². The minimum atomic E-state index is -5.02. The van der Waals surface area contributed by atoms with Gasteiger partial charge in [-0.15, -0.1) is 5.92 Å². The van der Waals surface area contributed by atoms with Gasteiger partial charge in [-0.2, -0.15) is 5.82 Å². The maximum atomic E-state index is 11.9. The number of hydrogen-bond acceptors (Lipinski definition) is 0. The van der Waals surface area contributed by atoms with E-state index < -0.39 is 6.98 Å². The molecule has 86 valence electrons. The van der Waals surface area contributed by atoms with Crippen molar-refractivity contribution in [2.75, 3.05) is 0 Å². The van der Waals surface area contributed by atoms with Crippen molar-refractivity contribution in [2.24, 2.45) is 0 Å². The summed E-state index contributed by atoms with van der Waals surface area (Å²) in [6.45, 7) is 1.12. The molecule has 0 amide bonds. The fourth-order valence-corrected chi connectivity index (χ4v) is 1.22. The molecule has 0 nitrogen and oxygen atoms in total. The fraction of sp³-hybridized carbons (Fsp3) is 0.333. The van der Waals surface area contributed by atoms with Gasteiger partial charge >= 0.3 is 58.4 Å². The molecule has 0 aliphatic heterocycles. The van der Waals surface area contributed by atoms with Crippen molar-refractivity contribution in [1.82, 2.24) is 0 Å². The average molecular weight is 264 g/mol. The standard InChI is InChI=1S/C12H13BF3.K/c1-12(2,3)11-6-4-10(5-7-11)8-9-13(14,15)16;/h4-7H,1-3H3;/q-1;+1. The zero-order valence-electron chi connectivity index (χ0n) is 10.5. The molecule has 0 unspecified atom stereocenters. The Kier molecular flexibility index (Phi) is 6.54. The van der Waals surface area contributed by atoms with Crippen LogP contribution in [0.1, 0.15) is 31.9 Å². The maximum Gasteiger partial charge on any atom is 1.00 e. The topological polar surface area (TPSA) is 0 Å². The predicted molar refractivity (Wildman–Crippen MR) is 61.1 cm³/mol. The van der Waals surface area contributed by atoms with E-state index in [1.807, 2.05) is 32.9 Å². The molecule has 0 radical (unpaired) electrons. The van der Waals surface area contributed by atoms with Gasteiger partial charge in [0.05, 0.1) is 0 Å². The van der Waals surface area contributed by atoms with Gasteiger partial charge in [0.15, 0.2) is 0 Å². The third-order valence-corrected chi connectivity index (χ3v) is 2.13. The molecule has 0 aliphatic rings. The monoisotopic (exact) mass is 264 g/mol. The third-order valence-electron chi connectivity index (χ3n) is 2.13. The Bertz CT molecular complexity index is 418. The molecule has 0 saturated carbocycles. The van der Waals surface area contributed by atoms with Crippen LogP contribution in [0.3, 0.4) is 0 Å². The first kappa shape index (κ1) is 17.3. The molecule has 0 spiro atoms. The fourth-order valence-electron chi connectivity index (χ4n) is 1.22. The molecule has 1 rings (SSSR count). The van der Waals surface area contributed by atoms with Crippen LogP contribution in [0.2, 0.25) is 0 Å². The molecule has 17 heavy (non-hydrogen) atoms. The Morgan fingerprint density at radius 1 is 1.00 bits per heavy atom. The molecule has 1 aromatic rings. The predicted octanol–water partition coefficient (Wildman–Crippen LogP) is 0.726. The van der Waals surface area contributed by atoms with Crippen molar-refractivity contribution < 1.29 is 64.3 Å². The molecular formula is C12H13BF3K. The minimum absolute atomic E-state index is 0. The van der Waals surface area contributed by atoms with E-state index in [9.17, 15) is 12.9 Å². The van der Waals surface area contributed by atoms with Crippen LogP contribution in [0.25, 0.3) is 0 Å². The number of hydrogen-bond donors (Lipinski definition) is 0. The van der Waals surface area contributed by atoms with Crippen molar-refractivity contribution >= 4 is 6.98 Å². The van der Waals surface area contributed by atoms with Crippen LogP contribution in [-0.4, -0.2) is 6.98 Å². The smallest absolute Gasteiger partial charge is 0.438 e. The van der Waals surface area contributed by atoms with E-state index in [2.05, 4.69) is 5.92 Å². The SMILES string of the molecule is CC(C)(C)c1ccc(C#C[B-](F)(F)F)cc1.[K+]. The van der Waals surface area contributed by atoms with Crippen LogP contribution >= 0.6 is 0 Å². The van der Waals surface area contributed by atoms with Gasteiger partial charge in [0.1, 0.15) is 0 Å². The van der Waals surface area contributed by atoms with E-state index in [-0.39, 0.29) is 56.8 Å². The van der Waals surface area contributed by atoms with Gasteiger partial charge in [-0.25, -0.2) is 0 Å². The van der Waals surface area contributed by atoms with Gasteiger partial charge in [0.2, 0.25) is 0 Å². The van der Waals surface area contributed by atoms with E-state index in [1.165, 1.54) is 5.82 Å². The summed E-state index contributed by atoms with van der Waals surface area (Å²) in [5.74, 6) is 3.42. The Hall–Kier alpha value is 0.271. The Morgan fingerprint density at radius 3 is 1.82 bits per heavy atom. The second-order valence-electron chi connectivity index (χ2n) is 4.67. The summed E-state index contributed by atoms with van der Waals surface area (Å²) in [6, 6.07) is 6.87. The summed E-state index contributed by atoms with van der Waals surface area (Å²) in [4.78, 5) is 0. The molecular weight excluding hydrogens is 251 g/mol. The van der Waals surface area contributed by atoms with Crippen molar-refractivity contribution in [3.8, 4) is 11.7 Å². The number of rotatable bonds is 0. The van der Waals surface area contributed by atoms with E-state index in [4.69, 9.17) is 0 Å². The third kappa shape index (κ3) is 6.68. The summed E-state index contributed by atoms with van der Waals surface area (Å²) in [6.07, 6.45) is 0. The second-order valence-corrected chi connectivity index (χ2v) is 4.67. The zero-order chi connectivity index (χ0) is 12.4. The molecule has 0 heterocycles. The first-order valence-corrected chi connectivity index (χ1v) is 5.01. The van der Waals surface area contributed by atoms with E-state index in [0.717, 1.165) is 5.56 Å². The molecule has 0 atom stereocenters. The number of halogens is 3. The second kappa shape index (κ2) is 6.44. The van der Waals surface area contributed by atoms with Gasteiger partial charge in [0.25, 0.3) is 0 Å². The normalized spacial score (nSPS) is 11.2. The summed E-state index contributed by atoms with van der Waals surface area (Å²) in [5, 5.41) is 0. The van der Waals surface area contributed by atoms with Gasteiger partial charge < -0.3 is 12.9 Å². The Balaban J connectivity index is 0.00000256. The molecule has 5 heteroatoms. The van der Waals surface area contributed by atoms with Gasteiger partial charge in [0, 0.05) is 5.56 Å². The van der Waals surface area contributed by atoms with Gasteiger partial charge in [-0.3, -0.25) is 0 Å². The quantitative estimate of drug-likeness (QED) is 0.478. The first-order chi connectivity index (χ1) is 7.18. The summed E-state index contributed by atoms with van der Waals surface area (Å²) >= 11 is 0. The van der Waals surface area contributed by atoms with E-state index >= 15 is 0 Å². The molecule has 1 aromatic carbocycles. The molecule has 0 aliphatic carbocycles. The van der Waals surface area contributed by atoms with Gasteiger partial charge in [-0.1, -0.05) is 32.9 Å². The van der Waals surface area contributed by atoms with Crippen LogP contribution in [0.15, 0.2) is 24.3 Å². The summed E-state index contributed by atoms with van der Waals surface area (Å²) in [7, 11) is 0. The van der Waals surface area contributed by atoms with Gasteiger partial charge in [-0.05, 0) is 23.1 Å². The van der Waals surface area contributed by atoms with Crippen LogP contribution in [0.4, 0.5) is 12.9 Å². The zero-order valence-corrected chi connectivity index (χ0v) is 13.6. The van der Waals surface area contributed by atoms with Crippen LogP contribution in [-0.2, 0) is 5.41 Å². The average Bonchev–Trinajstić information content (AvgIpc) is 2.13. The molecule has 0 N–H and O–H groups in total.